The molecule has 2 nitrogen and oxygen atoms in total. The molecule has 1 atom stereocenters. The van der Waals surface area contributed by atoms with Crippen LogP contribution in [0.4, 0.5) is 0 Å². The summed E-state index contributed by atoms with van der Waals surface area (Å²) in [5.41, 5.74) is 2.85. The Morgan fingerprint density at radius 1 is 1.46 bits per heavy atom. The molecule has 0 spiro atoms. The molecule has 68 valence electrons. The SMILES string of the molecule is Cc1ccc2oc(C(C)Cl)nc2c1. The molecule has 1 heterocycles. The van der Waals surface area contributed by atoms with Crippen LogP contribution in [0.3, 0.4) is 0 Å². The van der Waals surface area contributed by atoms with E-state index >= 15 is 0 Å². The predicted octanol–water partition coefficient (Wildman–Crippen LogP) is 3.44. The number of halogens is 1. The molecule has 2 aromatic rings. The van der Waals surface area contributed by atoms with E-state index in [9.17, 15) is 0 Å². The van der Waals surface area contributed by atoms with Crippen LogP contribution >= 0.6 is 11.6 Å². The monoisotopic (exact) mass is 195 g/mol. The number of aryl methyl sites for hydroxylation is 1. The maximum atomic E-state index is 5.86. The Morgan fingerprint density at radius 2 is 2.23 bits per heavy atom. The number of hydrogen-bond acceptors (Lipinski definition) is 2. The van der Waals surface area contributed by atoms with Gasteiger partial charge in [0, 0.05) is 0 Å². The Kier molecular flexibility index (Phi) is 2.00. The molecule has 0 saturated heterocycles. The minimum absolute atomic E-state index is 0.173. The molecule has 0 bridgehead atoms. The molecule has 1 unspecified atom stereocenters. The number of fused-ring (bicyclic) bond motifs is 1. The van der Waals surface area contributed by atoms with Crippen molar-refractivity contribution < 1.29 is 4.42 Å². The molecular formula is C10H10ClNO. The highest BCUT2D eigenvalue weighted by Gasteiger charge is 2.09. The number of rotatable bonds is 1. The topological polar surface area (TPSA) is 26.0 Å². The normalized spacial score (nSPS) is 13.5. The van der Waals surface area contributed by atoms with Crippen LogP contribution in [0.1, 0.15) is 23.8 Å². The van der Waals surface area contributed by atoms with Crippen molar-refractivity contribution in [1.82, 2.24) is 4.98 Å². The van der Waals surface area contributed by atoms with Gasteiger partial charge < -0.3 is 4.42 Å². The lowest BCUT2D eigenvalue weighted by atomic mass is 10.2. The van der Waals surface area contributed by atoms with Crippen LogP contribution in [0.15, 0.2) is 22.6 Å². The molecular weight excluding hydrogens is 186 g/mol. The van der Waals surface area contributed by atoms with Crippen LogP contribution in [-0.4, -0.2) is 4.98 Å². The minimum Gasteiger partial charge on any atom is -0.439 e. The van der Waals surface area contributed by atoms with Gasteiger partial charge in [0.2, 0.25) is 5.89 Å². The molecule has 0 aliphatic rings. The molecule has 1 aromatic heterocycles. The molecule has 0 amide bonds. The van der Waals surface area contributed by atoms with E-state index < -0.39 is 0 Å². The number of alkyl halides is 1. The first-order chi connectivity index (χ1) is 6.16. The van der Waals surface area contributed by atoms with Crippen molar-refractivity contribution in [2.75, 3.05) is 0 Å². The van der Waals surface area contributed by atoms with Crippen molar-refractivity contribution in [2.45, 2.75) is 19.2 Å². The fraction of sp³-hybridized carbons (Fsp3) is 0.300. The van der Waals surface area contributed by atoms with Gasteiger partial charge in [-0.15, -0.1) is 11.6 Å². The highest BCUT2D eigenvalue weighted by atomic mass is 35.5. The zero-order chi connectivity index (χ0) is 9.42. The van der Waals surface area contributed by atoms with Crippen molar-refractivity contribution in [3.05, 3.63) is 29.7 Å². The van der Waals surface area contributed by atoms with Crippen molar-refractivity contribution in [3.8, 4) is 0 Å². The number of benzene rings is 1. The summed E-state index contributed by atoms with van der Waals surface area (Å²) in [5.74, 6) is 0.585. The second-order valence-corrected chi connectivity index (χ2v) is 3.79. The maximum absolute atomic E-state index is 5.86. The third-order valence-electron chi connectivity index (χ3n) is 1.90. The van der Waals surface area contributed by atoms with E-state index in [0.29, 0.717) is 5.89 Å². The molecule has 3 heteroatoms. The van der Waals surface area contributed by atoms with Crippen LogP contribution < -0.4 is 0 Å². The third kappa shape index (κ3) is 1.54. The lowest BCUT2D eigenvalue weighted by Gasteiger charge is -1.91. The van der Waals surface area contributed by atoms with Crippen LogP contribution in [0, 0.1) is 6.92 Å². The summed E-state index contributed by atoms with van der Waals surface area (Å²) < 4.78 is 5.44. The van der Waals surface area contributed by atoms with E-state index in [4.69, 9.17) is 16.0 Å². The fourth-order valence-corrected chi connectivity index (χ4v) is 1.32. The Morgan fingerprint density at radius 3 is 2.92 bits per heavy atom. The summed E-state index contributed by atoms with van der Waals surface area (Å²) in [6, 6.07) is 5.90. The van der Waals surface area contributed by atoms with Crippen LogP contribution in [0.2, 0.25) is 0 Å². The van der Waals surface area contributed by atoms with Crippen molar-refractivity contribution >= 4 is 22.7 Å². The second kappa shape index (κ2) is 3.04. The van der Waals surface area contributed by atoms with Gasteiger partial charge in [-0.25, -0.2) is 4.98 Å². The minimum atomic E-state index is -0.173. The van der Waals surface area contributed by atoms with E-state index in [0.717, 1.165) is 11.1 Å². The lowest BCUT2D eigenvalue weighted by Crippen LogP contribution is -1.81. The summed E-state index contributed by atoms with van der Waals surface area (Å²) in [6.45, 7) is 3.87. The highest BCUT2D eigenvalue weighted by molar-refractivity contribution is 6.20. The Hall–Kier alpha value is -1.02. The van der Waals surface area contributed by atoms with E-state index in [1.165, 1.54) is 5.56 Å². The molecule has 1 aromatic carbocycles. The molecule has 0 fully saturated rings. The largest absolute Gasteiger partial charge is 0.439 e. The quantitative estimate of drug-likeness (QED) is 0.652. The molecule has 2 rings (SSSR count). The summed E-state index contributed by atoms with van der Waals surface area (Å²) in [6.07, 6.45) is 0. The van der Waals surface area contributed by atoms with Crippen molar-refractivity contribution in [3.63, 3.8) is 0 Å². The number of aromatic nitrogens is 1. The van der Waals surface area contributed by atoms with E-state index in [1.807, 2.05) is 32.0 Å². The summed E-state index contributed by atoms with van der Waals surface area (Å²) in [4.78, 5) is 4.27. The molecule has 0 saturated carbocycles. The Bertz CT molecular complexity index is 433. The summed E-state index contributed by atoms with van der Waals surface area (Å²) in [5, 5.41) is -0.173. The van der Waals surface area contributed by atoms with E-state index in [2.05, 4.69) is 4.98 Å². The average molecular weight is 196 g/mol. The van der Waals surface area contributed by atoms with Gasteiger partial charge in [-0.1, -0.05) is 6.07 Å². The second-order valence-electron chi connectivity index (χ2n) is 3.14. The van der Waals surface area contributed by atoms with Gasteiger partial charge in [-0.3, -0.25) is 0 Å². The van der Waals surface area contributed by atoms with Gasteiger partial charge in [-0.2, -0.15) is 0 Å². The van der Waals surface area contributed by atoms with Gasteiger partial charge in [0.25, 0.3) is 0 Å². The Labute approximate surface area is 81.5 Å². The van der Waals surface area contributed by atoms with Gasteiger partial charge >= 0.3 is 0 Å². The first kappa shape index (κ1) is 8.57. The Balaban J connectivity index is 2.62. The molecule has 0 aliphatic carbocycles. The predicted molar refractivity (Wildman–Crippen MR) is 53.0 cm³/mol. The molecule has 0 aliphatic heterocycles. The standard InChI is InChI=1S/C10H10ClNO/c1-6-3-4-9-8(5-6)12-10(13-9)7(2)11/h3-5,7H,1-2H3. The smallest absolute Gasteiger partial charge is 0.213 e. The van der Waals surface area contributed by atoms with Crippen molar-refractivity contribution in [1.29, 1.82) is 0 Å². The first-order valence-electron chi connectivity index (χ1n) is 4.18. The molecule has 0 radical (unpaired) electrons. The third-order valence-corrected chi connectivity index (χ3v) is 2.09. The number of oxazole rings is 1. The number of hydrogen-bond donors (Lipinski definition) is 0. The van der Waals surface area contributed by atoms with Crippen LogP contribution in [0.5, 0.6) is 0 Å². The highest BCUT2D eigenvalue weighted by Crippen LogP contribution is 2.24. The van der Waals surface area contributed by atoms with E-state index in [-0.39, 0.29) is 5.38 Å². The maximum Gasteiger partial charge on any atom is 0.213 e. The lowest BCUT2D eigenvalue weighted by molar-refractivity contribution is 0.531. The molecule has 13 heavy (non-hydrogen) atoms. The van der Waals surface area contributed by atoms with Gasteiger partial charge in [0.1, 0.15) is 10.9 Å². The molecule has 0 N–H and O–H groups in total. The van der Waals surface area contributed by atoms with E-state index in [1.54, 1.807) is 0 Å². The number of nitrogens with zero attached hydrogens (tertiary/aromatic N) is 1. The summed E-state index contributed by atoms with van der Waals surface area (Å²) >= 11 is 5.86. The average Bonchev–Trinajstić information content (AvgIpc) is 2.46. The van der Waals surface area contributed by atoms with Gasteiger partial charge in [-0.05, 0) is 31.5 Å². The van der Waals surface area contributed by atoms with Crippen LogP contribution in [0.25, 0.3) is 11.1 Å². The van der Waals surface area contributed by atoms with Gasteiger partial charge in [0.15, 0.2) is 5.58 Å². The van der Waals surface area contributed by atoms with Crippen LogP contribution in [-0.2, 0) is 0 Å². The zero-order valence-electron chi connectivity index (χ0n) is 7.54. The fourth-order valence-electron chi connectivity index (χ4n) is 1.23. The van der Waals surface area contributed by atoms with Crippen molar-refractivity contribution in [2.24, 2.45) is 0 Å². The van der Waals surface area contributed by atoms with Gasteiger partial charge in [0.05, 0.1) is 0 Å². The zero-order valence-corrected chi connectivity index (χ0v) is 8.30. The first-order valence-corrected chi connectivity index (χ1v) is 4.61. The summed E-state index contributed by atoms with van der Waals surface area (Å²) in [7, 11) is 0.